The Kier molecular flexibility index (Phi) is 4.25. The van der Waals surface area contributed by atoms with Crippen molar-refractivity contribution in [3.63, 3.8) is 0 Å². The van der Waals surface area contributed by atoms with Crippen molar-refractivity contribution < 1.29 is 17.6 Å². The van der Waals surface area contributed by atoms with Crippen LogP contribution in [0.3, 0.4) is 0 Å². The van der Waals surface area contributed by atoms with Crippen molar-refractivity contribution in [2.24, 2.45) is 0 Å². The van der Waals surface area contributed by atoms with Crippen LogP contribution in [0, 0.1) is 5.82 Å². The van der Waals surface area contributed by atoms with Crippen molar-refractivity contribution in [2.45, 2.75) is 17.9 Å². The van der Waals surface area contributed by atoms with Crippen LogP contribution in [0.2, 0.25) is 0 Å². The Balaban J connectivity index is 3.07. The van der Waals surface area contributed by atoms with Crippen molar-refractivity contribution >= 4 is 21.6 Å². The lowest BCUT2D eigenvalue weighted by molar-refractivity contribution is -0.121. The fourth-order valence-electron chi connectivity index (χ4n) is 1.31. The summed E-state index contributed by atoms with van der Waals surface area (Å²) in [4.78, 5) is 10.8. The van der Waals surface area contributed by atoms with Crippen LogP contribution in [0.15, 0.2) is 23.1 Å². The smallest absolute Gasteiger partial charge is 0.243 e. The molecule has 1 aromatic carbocycles. The third-order valence-corrected chi connectivity index (χ3v) is 3.83. The lowest BCUT2D eigenvalue weighted by Gasteiger charge is -2.14. The number of likely N-dealkylation sites (N-methyl/N-ethyl adjacent to an activating group) is 1. The Hall–Kier alpha value is -1.67. The van der Waals surface area contributed by atoms with Crippen molar-refractivity contribution in [3.05, 3.63) is 24.0 Å². The summed E-state index contributed by atoms with van der Waals surface area (Å²) in [5.74, 6) is -1.23. The highest BCUT2D eigenvalue weighted by atomic mass is 32.2. The summed E-state index contributed by atoms with van der Waals surface area (Å²) in [6.07, 6.45) is 0. The molecule has 8 heteroatoms. The summed E-state index contributed by atoms with van der Waals surface area (Å²) in [5, 5.41) is 2.29. The number of sulfonamides is 1. The van der Waals surface area contributed by atoms with Crippen LogP contribution in [-0.4, -0.2) is 27.4 Å². The lowest BCUT2D eigenvalue weighted by atomic mass is 10.3. The van der Waals surface area contributed by atoms with E-state index in [1.54, 1.807) is 0 Å². The summed E-state index contributed by atoms with van der Waals surface area (Å²) in [7, 11) is -2.66. The molecule has 0 aliphatic rings. The number of amides is 1. The van der Waals surface area contributed by atoms with Crippen LogP contribution in [0.1, 0.15) is 6.92 Å². The molecule has 0 bridgehead atoms. The molecule has 0 saturated carbocycles. The fourth-order valence-corrected chi connectivity index (χ4v) is 2.65. The molecule has 0 saturated heterocycles. The van der Waals surface area contributed by atoms with Crippen molar-refractivity contribution in [3.8, 4) is 0 Å². The number of rotatable bonds is 4. The minimum absolute atomic E-state index is 0.0898. The average Bonchev–Trinajstić information content (AvgIpc) is 2.30. The number of nitrogen functional groups attached to an aromatic ring is 1. The zero-order chi connectivity index (χ0) is 13.9. The van der Waals surface area contributed by atoms with E-state index in [1.165, 1.54) is 14.0 Å². The lowest BCUT2D eigenvalue weighted by Crippen LogP contribution is -2.43. The van der Waals surface area contributed by atoms with Gasteiger partial charge in [0.05, 0.1) is 11.7 Å². The van der Waals surface area contributed by atoms with Crippen LogP contribution in [0.4, 0.5) is 10.1 Å². The highest BCUT2D eigenvalue weighted by Crippen LogP contribution is 2.19. The summed E-state index contributed by atoms with van der Waals surface area (Å²) >= 11 is 0. The van der Waals surface area contributed by atoms with E-state index < -0.39 is 32.7 Å². The van der Waals surface area contributed by atoms with Crippen LogP contribution >= 0.6 is 0 Å². The number of benzene rings is 1. The average molecular weight is 275 g/mol. The largest absolute Gasteiger partial charge is 0.398 e. The van der Waals surface area contributed by atoms with Gasteiger partial charge in [-0.2, -0.15) is 4.72 Å². The standard InChI is InChI=1S/C10H14FN3O3S/c1-6(10(15)13-2)14-18(16,17)9-5-7(11)3-4-8(9)12/h3-6,14H,12H2,1-2H3,(H,13,15). The molecule has 100 valence electrons. The predicted octanol–water partition coefficient (Wildman–Crippen LogP) is -0.179. The van der Waals surface area contributed by atoms with Gasteiger partial charge in [-0.1, -0.05) is 0 Å². The van der Waals surface area contributed by atoms with E-state index in [4.69, 9.17) is 5.73 Å². The molecular formula is C10H14FN3O3S. The van der Waals surface area contributed by atoms with E-state index in [0.717, 1.165) is 18.2 Å². The van der Waals surface area contributed by atoms with Gasteiger partial charge in [-0.25, -0.2) is 12.8 Å². The number of halogens is 1. The van der Waals surface area contributed by atoms with E-state index in [1.807, 2.05) is 0 Å². The summed E-state index contributed by atoms with van der Waals surface area (Å²) < 4.78 is 38.9. The van der Waals surface area contributed by atoms with E-state index in [9.17, 15) is 17.6 Å². The minimum Gasteiger partial charge on any atom is -0.398 e. The van der Waals surface area contributed by atoms with Crippen LogP contribution < -0.4 is 15.8 Å². The van der Waals surface area contributed by atoms with Gasteiger partial charge in [-0.15, -0.1) is 0 Å². The molecule has 0 aliphatic carbocycles. The Morgan fingerprint density at radius 2 is 2.06 bits per heavy atom. The Morgan fingerprint density at radius 1 is 1.44 bits per heavy atom. The van der Waals surface area contributed by atoms with Crippen LogP contribution in [0.5, 0.6) is 0 Å². The highest BCUT2D eigenvalue weighted by Gasteiger charge is 2.23. The predicted molar refractivity (Wildman–Crippen MR) is 64.7 cm³/mol. The molecule has 1 amide bonds. The molecule has 1 aromatic rings. The molecule has 0 radical (unpaired) electrons. The van der Waals surface area contributed by atoms with Gasteiger partial charge in [0, 0.05) is 7.05 Å². The minimum atomic E-state index is -4.04. The Bertz CT molecular complexity index is 559. The quantitative estimate of drug-likeness (QED) is 0.663. The molecule has 6 nitrogen and oxygen atoms in total. The maximum absolute atomic E-state index is 13.0. The third-order valence-electron chi connectivity index (χ3n) is 2.24. The summed E-state index contributed by atoms with van der Waals surface area (Å²) in [5.41, 5.74) is 5.38. The Morgan fingerprint density at radius 3 is 2.61 bits per heavy atom. The maximum atomic E-state index is 13.0. The second-order valence-corrected chi connectivity index (χ2v) is 5.32. The SMILES string of the molecule is CNC(=O)C(C)NS(=O)(=O)c1cc(F)ccc1N. The molecule has 0 aliphatic heterocycles. The number of carbonyl (C=O) groups is 1. The highest BCUT2D eigenvalue weighted by molar-refractivity contribution is 7.89. The third kappa shape index (κ3) is 3.17. The van der Waals surface area contributed by atoms with Gasteiger partial charge in [-0.05, 0) is 25.1 Å². The van der Waals surface area contributed by atoms with Gasteiger partial charge in [0.25, 0.3) is 0 Å². The van der Waals surface area contributed by atoms with E-state index >= 15 is 0 Å². The van der Waals surface area contributed by atoms with Gasteiger partial charge in [0.1, 0.15) is 10.7 Å². The molecule has 1 rings (SSSR count). The van der Waals surface area contributed by atoms with Gasteiger partial charge in [-0.3, -0.25) is 4.79 Å². The number of carbonyl (C=O) groups excluding carboxylic acids is 1. The molecular weight excluding hydrogens is 261 g/mol. The number of anilines is 1. The molecule has 0 fully saturated rings. The molecule has 4 N–H and O–H groups in total. The summed E-state index contributed by atoms with van der Waals surface area (Å²) in [6.45, 7) is 1.37. The molecule has 1 atom stereocenters. The number of hydrogen-bond acceptors (Lipinski definition) is 4. The second-order valence-electron chi connectivity index (χ2n) is 3.64. The number of nitrogens with two attached hydrogens (primary N) is 1. The molecule has 0 spiro atoms. The maximum Gasteiger partial charge on any atom is 0.243 e. The molecule has 1 unspecified atom stereocenters. The van der Waals surface area contributed by atoms with Gasteiger partial charge in [0.15, 0.2) is 0 Å². The van der Waals surface area contributed by atoms with Crippen LogP contribution in [0.25, 0.3) is 0 Å². The van der Waals surface area contributed by atoms with Crippen molar-refractivity contribution in [1.82, 2.24) is 10.0 Å². The van der Waals surface area contributed by atoms with Gasteiger partial charge < -0.3 is 11.1 Å². The monoisotopic (exact) mass is 275 g/mol. The number of nitrogens with one attached hydrogen (secondary N) is 2. The van der Waals surface area contributed by atoms with Crippen LogP contribution in [-0.2, 0) is 14.8 Å². The number of hydrogen-bond donors (Lipinski definition) is 3. The molecule has 0 heterocycles. The topological polar surface area (TPSA) is 101 Å². The van der Waals surface area contributed by atoms with Crippen molar-refractivity contribution in [2.75, 3.05) is 12.8 Å². The van der Waals surface area contributed by atoms with E-state index in [2.05, 4.69) is 10.0 Å². The van der Waals surface area contributed by atoms with Gasteiger partial charge in [0.2, 0.25) is 15.9 Å². The zero-order valence-electron chi connectivity index (χ0n) is 9.90. The normalized spacial score (nSPS) is 13.1. The van der Waals surface area contributed by atoms with E-state index in [0.29, 0.717) is 0 Å². The zero-order valence-corrected chi connectivity index (χ0v) is 10.7. The Labute approximate surface area is 104 Å². The first-order chi connectivity index (χ1) is 8.27. The first-order valence-corrected chi connectivity index (χ1v) is 6.55. The first-order valence-electron chi connectivity index (χ1n) is 5.07. The van der Waals surface area contributed by atoms with E-state index in [-0.39, 0.29) is 5.69 Å². The summed E-state index contributed by atoms with van der Waals surface area (Å²) in [6, 6.07) is 2.02. The van der Waals surface area contributed by atoms with Gasteiger partial charge >= 0.3 is 0 Å². The van der Waals surface area contributed by atoms with Crippen molar-refractivity contribution in [1.29, 1.82) is 0 Å². The fraction of sp³-hybridized carbons (Fsp3) is 0.300. The molecule has 0 aromatic heterocycles. The second kappa shape index (κ2) is 5.32. The molecule has 18 heavy (non-hydrogen) atoms. The first kappa shape index (κ1) is 14.4.